The number of hydrogen-bond donors (Lipinski definition) is 5. The lowest BCUT2D eigenvalue weighted by Crippen LogP contribution is -2.58. The maximum absolute atomic E-state index is 10.6. The Balaban J connectivity index is -0.00000128. The lowest BCUT2D eigenvalue weighted by molar-refractivity contribution is -0.900. The molecule has 0 radical (unpaired) electrons. The highest BCUT2D eigenvalue weighted by molar-refractivity contribution is 5.75. The topological polar surface area (TPSA) is 216 Å². The van der Waals surface area contributed by atoms with E-state index in [2.05, 4.69) is 0 Å². The summed E-state index contributed by atoms with van der Waals surface area (Å²) in [6.07, 6.45) is 0. The first-order valence-corrected chi connectivity index (χ1v) is 4.39. The Bertz CT molecular complexity index is 285. The van der Waals surface area contributed by atoms with Crippen molar-refractivity contribution in [3.8, 4) is 0 Å². The van der Waals surface area contributed by atoms with Gasteiger partial charge in [-0.1, -0.05) is 0 Å². The van der Waals surface area contributed by atoms with Gasteiger partial charge in [0.15, 0.2) is 26.2 Å². The van der Waals surface area contributed by atoms with Crippen molar-refractivity contribution in [2.24, 2.45) is 0 Å². The molecule has 0 aromatic rings. The van der Waals surface area contributed by atoms with Gasteiger partial charge in [0.05, 0.1) is 0 Å². The second-order valence-corrected chi connectivity index (χ2v) is 3.55. The van der Waals surface area contributed by atoms with Gasteiger partial charge in [0.25, 0.3) is 0 Å². The number of aliphatic carboxylic acids is 4. The van der Waals surface area contributed by atoms with Crippen LogP contribution >= 0.6 is 0 Å². The second kappa shape index (κ2) is 8.79. The van der Waals surface area contributed by atoms with Gasteiger partial charge in [-0.3, -0.25) is 4.48 Å². The molecule has 0 heterocycles. The minimum atomic E-state index is -1.46. The zero-order chi connectivity index (χ0) is 13.6. The van der Waals surface area contributed by atoms with E-state index in [4.69, 9.17) is 20.4 Å². The van der Waals surface area contributed by atoms with Crippen molar-refractivity contribution < 1.29 is 49.6 Å². The van der Waals surface area contributed by atoms with E-state index in [1.54, 1.807) is 0 Å². The third-order valence-electron chi connectivity index (χ3n) is 1.88. The van der Waals surface area contributed by atoms with Crippen LogP contribution in [0.1, 0.15) is 0 Å². The van der Waals surface area contributed by atoms with Crippen LogP contribution in [0.2, 0.25) is 0 Å². The molecule has 19 heavy (non-hydrogen) atoms. The second-order valence-electron chi connectivity index (χ2n) is 3.55. The normalized spacial score (nSPS) is 9.68. The van der Waals surface area contributed by atoms with Gasteiger partial charge in [0.2, 0.25) is 0 Å². The van der Waals surface area contributed by atoms with E-state index in [-0.39, 0.29) is 11.6 Å². The predicted octanol–water partition coefficient (Wildman–Crippen LogP) is -2.52. The first kappa shape index (κ1) is 22.0. The van der Waals surface area contributed by atoms with E-state index in [1.165, 1.54) is 0 Å². The first-order chi connectivity index (χ1) is 7.67. The Morgan fingerprint density at radius 3 is 0.895 bits per heavy atom. The lowest BCUT2D eigenvalue weighted by atomic mass is 10.3. The van der Waals surface area contributed by atoms with Gasteiger partial charge in [0, 0.05) is 0 Å². The first-order valence-electron chi connectivity index (χ1n) is 4.39. The van der Waals surface area contributed by atoms with Crippen molar-refractivity contribution in [1.82, 2.24) is 6.15 Å². The minimum Gasteiger partial charge on any atom is -0.477 e. The lowest BCUT2D eigenvalue weighted by Gasteiger charge is -2.32. The summed E-state index contributed by atoms with van der Waals surface area (Å²) in [5.41, 5.74) is 0. The van der Waals surface area contributed by atoms with E-state index in [1.807, 2.05) is 0 Å². The van der Waals surface area contributed by atoms with Crippen LogP contribution in [0, 0.1) is 0 Å². The van der Waals surface area contributed by atoms with E-state index in [0.717, 1.165) is 0 Å². The molecule has 112 valence electrons. The number of rotatable bonds is 8. The molecule has 0 spiro atoms. The Labute approximate surface area is 107 Å². The number of carbonyl (C=O) groups is 4. The maximum Gasteiger partial charge on any atom is 0.359 e. The third kappa shape index (κ3) is 9.46. The standard InChI is InChI=1S/C8H11NO8.H3N.H2O/c10-5(11)1-9(2-6(12)13,3-7(14)15)4-8(16)17;;/h1-4H2,(H3-,10,11,12,13,14,15,16,17);1H3;1H2/p+1. The highest BCUT2D eigenvalue weighted by Crippen LogP contribution is 2.07. The molecule has 0 aromatic heterocycles. The molecule has 11 heteroatoms. The fraction of sp³-hybridized carbons (Fsp3) is 0.500. The summed E-state index contributed by atoms with van der Waals surface area (Å²) in [6, 6.07) is 0. The van der Waals surface area contributed by atoms with Crippen molar-refractivity contribution in [2.45, 2.75) is 0 Å². The molecule has 0 atom stereocenters. The van der Waals surface area contributed by atoms with Gasteiger partial charge in [0.1, 0.15) is 0 Å². The van der Waals surface area contributed by atoms with Gasteiger partial charge in [-0.25, -0.2) is 19.2 Å². The van der Waals surface area contributed by atoms with Crippen LogP contribution in [-0.4, -0.2) is 80.4 Å². The fourth-order valence-corrected chi connectivity index (χ4v) is 1.48. The highest BCUT2D eigenvalue weighted by Gasteiger charge is 2.38. The minimum absolute atomic E-state index is 0. The average molecular weight is 285 g/mol. The van der Waals surface area contributed by atoms with Crippen molar-refractivity contribution in [2.75, 3.05) is 26.2 Å². The van der Waals surface area contributed by atoms with E-state index >= 15 is 0 Å². The highest BCUT2D eigenvalue weighted by atomic mass is 16.4. The van der Waals surface area contributed by atoms with Gasteiger partial charge in [-0.05, 0) is 0 Å². The molecule has 11 nitrogen and oxygen atoms in total. The largest absolute Gasteiger partial charge is 0.477 e. The van der Waals surface area contributed by atoms with Gasteiger partial charge < -0.3 is 32.1 Å². The summed E-state index contributed by atoms with van der Waals surface area (Å²) < 4.78 is -1.07. The van der Waals surface area contributed by atoms with Crippen molar-refractivity contribution in [1.29, 1.82) is 0 Å². The zero-order valence-electron chi connectivity index (χ0n) is 9.90. The molecule has 0 rings (SSSR count). The molecule has 0 saturated heterocycles. The average Bonchev–Trinajstić information content (AvgIpc) is 1.95. The van der Waals surface area contributed by atoms with Crippen LogP contribution in [0.25, 0.3) is 0 Å². The Morgan fingerprint density at radius 2 is 0.789 bits per heavy atom. The van der Waals surface area contributed by atoms with E-state index < -0.39 is 54.5 Å². The molecule has 0 aliphatic heterocycles. The molecule has 0 unspecified atom stereocenters. The number of hydrogen-bond acceptors (Lipinski definition) is 5. The molecule has 0 bridgehead atoms. The summed E-state index contributed by atoms with van der Waals surface area (Å²) in [6.45, 7) is -3.54. The molecule has 0 aliphatic rings. The molecule has 0 saturated carbocycles. The van der Waals surface area contributed by atoms with Crippen LogP contribution in [0.4, 0.5) is 0 Å². The fourth-order valence-electron chi connectivity index (χ4n) is 1.48. The van der Waals surface area contributed by atoms with Crippen molar-refractivity contribution >= 4 is 23.9 Å². The number of carboxylic acid groups (broad SMARTS) is 4. The number of quaternary nitrogens is 1. The van der Waals surface area contributed by atoms with Crippen molar-refractivity contribution in [3.63, 3.8) is 0 Å². The molecule has 0 aliphatic carbocycles. The smallest absolute Gasteiger partial charge is 0.359 e. The van der Waals surface area contributed by atoms with Crippen LogP contribution in [0.15, 0.2) is 0 Å². The third-order valence-corrected chi connectivity index (χ3v) is 1.88. The SMILES string of the molecule is N.O.O=C(O)C[N+](CC(=O)O)(CC(=O)O)CC(=O)O. The molecular weight excluding hydrogens is 268 g/mol. The van der Waals surface area contributed by atoms with Crippen LogP contribution in [-0.2, 0) is 19.2 Å². The molecule has 9 N–H and O–H groups in total. The maximum atomic E-state index is 10.6. The molecular formula is C8H17N2O9+. The summed E-state index contributed by atoms with van der Waals surface area (Å²) in [4.78, 5) is 42.3. The summed E-state index contributed by atoms with van der Waals surface area (Å²) >= 11 is 0. The van der Waals surface area contributed by atoms with E-state index in [9.17, 15) is 19.2 Å². The quantitative estimate of drug-likeness (QED) is 0.297. The van der Waals surface area contributed by atoms with E-state index in [0.29, 0.717) is 0 Å². The summed E-state index contributed by atoms with van der Waals surface area (Å²) in [7, 11) is 0. The van der Waals surface area contributed by atoms with Crippen LogP contribution in [0.3, 0.4) is 0 Å². The zero-order valence-corrected chi connectivity index (χ0v) is 9.90. The van der Waals surface area contributed by atoms with Crippen molar-refractivity contribution in [3.05, 3.63) is 0 Å². The van der Waals surface area contributed by atoms with Crippen LogP contribution < -0.4 is 6.15 Å². The number of nitrogens with zero attached hydrogens (tertiary/aromatic N) is 1. The summed E-state index contributed by atoms with van der Waals surface area (Å²) in [5, 5.41) is 34.4. The number of carboxylic acids is 4. The van der Waals surface area contributed by atoms with Crippen LogP contribution in [0.5, 0.6) is 0 Å². The van der Waals surface area contributed by atoms with Gasteiger partial charge in [-0.2, -0.15) is 0 Å². The molecule has 0 aromatic carbocycles. The predicted molar refractivity (Wildman–Crippen MR) is 58.9 cm³/mol. The van der Waals surface area contributed by atoms with Gasteiger partial charge in [-0.15, -0.1) is 0 Å². The van der Waals surface area contributed by atoms with Gasteiger partial charge >= 0.3 is 23.9 Å². The summed E-state index contributed by atoms with van der Waals surface area (Å²) in [5.74, 6) is -5.86. The Morgan fingerprint density at radius 1 is 0.632 bits per heavy atom. The monoisotopic (exact) mass is 285 g/mol. The Hall–Kier alpha value is -2.24. The molecule has 0 amide bonds. The Kier molecular flexibility index (Phi) is 10.2. The molecule has 0 fully saturated rings.